The average molecular weight is 613 g/mol. The van der Waals surface area contributed by atoms with Gasteiger partial charge in [0, 0.05) is 50.6 Å². The fourth-order valence-corrected chi connectivity index (χ4v) is 5.94. The number of nitrogens with one attached hydrogen (secondary N) is 2. The molecule has 1 saturated heterocycles. The zero-order chi connectivity index (χ0) is 31.2. The van der Waals surface area contributed by atoms with Gasteiger partial charge < -0.3 is 25.1 Å². The van der Waals surface area contributed by atoms with Crippen LogP contribution in [-0.4, -0.2) is 65.3 Å². The number of carbonyl (C=O) groups excluding carboxylic acids is 2. The predicted molar refractivity (Wildman–Crippen MR) is 159 cm³/mol. The highest BCUT2D eigenvalue weighted by Gasteiger charge is 2.36. The van der Waals surface area contributed by atoms with Gasteiger partial charge in [0.15, 0.2) is 5.82 Å². The number of hydrogen-bond acceptors (Lipinski definition) is 7. The monoisotopic (exact) mass is 612 g/mol. The van der Waals surface area contributed by atoms with Crippen molar-refractivity contribution in [2.24, 2.45) is 0 Å². The van der Waals surface area contributed by atoms with Crippen molar-refractivity contribution in [1.29, 1.82) is 0 Å². The van der Waals surface area contributed by atoms with E-state index in [0.717, 1.165) is 21.5 Å². The molecule has 1 fully saturated rings. The molecule has 1 aliphatic rings. The minimum atomic E-state index is -3.74. The number of nitrogens with zero attached hydrogens (tertiary/aromatic N) is 2. The lowest BCUT2D eigenvalue weighted by molar-refractivity contribution is -0.120. The maximum atomic E-state index is 14.5. The Labute approximate surface area is 246 Å². The number of para-hydroxylation sites is 1. The van der Waals surface area contributed by atoms with E-state index in [-0.39, 0.29) is 47.0 Å². The molecule has 0 aliphatic carbocycles. The van der Waals surface area contributed by atoms with Crippen molar-refractivity contribution in [3.63, 3.8) is 0 Å². The lowest BCUT2D eigenvalue weighted by atomic mass is 9.92. The Morgan fingerprint density at radius 1 is 1.09 bits per heavy atom. The number of likely N-dealkylation sites (N-methyl/N-ethyl adjacent to an activating group) is 1. The molecule has 0 saturated carbocycles. The highest BCUT2D eigenvalue weighted by atomic mass is 32.2. The van der Waals surface area contributed by atoms with Crippen molar-refractivity contribution in [3.8, 4) is 17.1 Å². The van der Waals surface area contributed by atoms with Gasteiger partial charge in [-0.25, -0.2) is 17.2 Å². The van der Waals surface area contributed by atoms with E-state index in [4.69, 9.17) is 4.42 Å². The number of carbonyl (C=O) groups is 2. The number of aromatic hydroxyl groups is 1. The summed E-state index contributed by atoms with van der Waals surface area (Å²) < 4.78 is 60.6. The summed E-state index contributed by atoms with van der Waals surface area (Å²) in [7, 11) is 0.476. The third-order valence-corrected chi connectivity index (χ3v) is 8.93. The van der Waals surface area contributed by atoms with Gasteiger partial charge in [-0.1, -0.05) is 6.07 Å². The second-order valence-corrected chi connectivity index (χ2v) is 12.4. The summed E-state index contributed by atoms with van der Waals surface area (Å²) in [5.74, 6) is -2.77. The molecule has 1 aliphatic heterocycles. The molecule has 3 aromatic carbocycles. The zero-order valence-electron chi connectivity index (χ0n) is 23.8. The fraction of sp³-hybridized carbons (Fsp3) is 0.267. The highest BCUT2D eigenvalue weighted by molar-refractivity contribution is 7.92. The first-order valence-electron chi connectivity index (χ1n) is 13.3. The van der Waals surface area contributed by atoms with E-state index in [0.29, 0.717) is 16.5 Å². The van der Waals surface area contributed by atoms with Crippen molar-refractivity contribution in [2.75, 3.05) is 43.1 Å². The van der Waals surface area contributed by atoms with E-state index in [2.05, 4.69) is 10.6 Å². The van der Waals surface area contributed by atoms with E-state index in [1.165, 1.54) is 63.6 Å². The maximum Gasteiger partial charge on any atom is 0.255 e. The van der Waals surface area contributed by atoms with Crippen LogP contribution in [0, 0.1) is 11.6 Å². The zero-order valence-corrected chi connectivity index (χ0v) is 24.6. The summed E-state index contributed by atoms with van der Waals surface area (Å²) in [6.07, 6.45) is 1.27. The Hall–Kier alpha value is -4.49. The van der Waals surface area contributed by atoms with Crippen LogP contribution in [0.25, 0.3) is 22.3 Å². The van der Waals surface area contributed by atoms with Gasteiger partial charge in [-0.2, -0.15) is 0 Å². The van der Waals surface area contributed by atoms with Crippen molar-refractivity contribution in [2.45, 2.75) is 18.4 Å². The minimum absolute atomic E-state index is 0.184. The first kappa shape index (κ1) is 30.0. The Morgan fingerprint density at radius 3 is 2.42 bits per heavy atom. The number of fused-ring (bicyclic) bond motifs is 1. The molecule has 2 unspecified atom stereocenters. The van der Waals surface area contributed by atoms with Gasteiger partial charge >= 0.3 is 0 Å². The number of furan rings is 1. The van der Waals surface area contributed by atoms with Crippen LogP contribution in [0.2, 0.25) is 0 Å². The Balaban J connectivity index is 1.60. The maximum absolute atomic E-state index is 14.5. The molecule has 5 rings (SSSR count). The first-order valence-corrected chi connectivity index (χ1v) is 15.2. The Bertz CT molecular complexity index is 1820. The second kappa shape index (κ2) is 11.3. The van der Waals surface area contributed by atoms with Crippen LogP contribution in [-0.2, 0) is 14.8 Å². The normalized spacial score (nSPS) is 16.8. The van der Waals surface area contributed by atoms with Gasteiger partial charge in [0.25, 0.3) is 5.91 Å². The number of anilines is 2. The van der Waals surface area contributed by atoms with Gasteiger partial charge in [0.1, 0.15) is 28.6 Å². The predicted octanol–water partition coefficient (Wildman–Crippen LogP) is 3.95. The molecule has 1 aromatic heterocycles. The molecular formula is C30H30F2N4O6S. The molecule has 0 spiro atoms. The van der Waals surface area contributed by atoms with E-state index in [9.17, 15) is 31.9 Å². The summed E-state index contributed by atoms with van der Waals surface area (Å²) in [5, 5.41) is 16.3. The third-order valence-electron chi connectivity index (χ3n) is 7.73. The van der Waals surface area contributed by atoms with Gasteiger partial charge in [0.05, 0.1) is 23.5 Å². The largest absolute Gasteiger partial charge is 0.506 e. The van der Waals surface area contributed by atoms with Crippen molar-refractivity contribution < 1.29 is 36.3 Å². The molecule has 226 valence electrons. The molecule has 43 heavy (non-hydrogen) atoms. The molecule has 2 atom stereocenters. The molecule has 2 amide bonds. The minimum Gasteiger partial charge on any atom is -0.506 e. The highest BCUT2D eigenvalue weighted by Crippen LogP contribution is 2.42. The average Bonchev–Trinajstić information content (AvgIpc) is 3.60. The van der Waals surface area contributed by atoms with Crippen LogP contribution in [0.1, 0.15) is 28.3 Å². The second-order valence-electron chi connectivity index (χ2n) is 10.4. The van der Waals surface area contributed by atoms with Crippen molar-refractivity contribution in [3.05, 3.63) is 77.4 Å². The van der Waals surface area contributed by atoms with E-state index in [1.807, 2.05) is 0 Å². The number of phenols is 1. The number of rotatable bonds is 7. The van der Waals surface area contributed by atoms with Gasteiger partial charge in [-0.15, -0.1) is 0 Å². The molecule has 0 radical (unpaired) electrons. The van der Waals surface area contributed by atoms with Crippen molar-refractivity contribution in [1.82, 2.24) is 10.6 Å². The van der Waals surface area contributed by atoms with Gasteiger partial charge in [-0.05, 0) is 54.4 Å². The SMILES string of the molecule is CNC(=O)c1c(-c2ccc(F)cc2)oc2cc(N(C)S(C)(=O)=O)c(C3CNC(C(=O)N(C)c4c(O)cccc4F)C3)cc12. The molecular weight excluding hydrogens is 582 g/mol. The topological polar surface area (TPSA) is 132 Å². The van der Waals surface area contributed by atoms with Crippen LogP contribution in [0.5, 0.6) is 5.75 Å². The molecule has 3 N–H and O–H groups in total. The van der Waals surface area contributed by atoms with E-state index >= 15 is 0 Å². The number of halogens is 2. The van der Waals surface area contributed by atoms with E-state index in [1.54, 1.807) is 6.07 Å². The molecule has 2 heterocycles. The lowest BCUT2D eigenvalue weighted by Crippen LogP contribution is -2.42. The first-order chi connectivity index (χ1) is 20.3. The van der Waals surface area contributed by atoms with E-state index < -0.39 is 45.4 Å². The summed E-state index contributed by atoms with van der Waals surface area (Å²) in [5.41, 5.74) is 1.45. The van der Waals surface area contributed by atoms with Crippen molar-refractivity contribution >= 4 is 44.2 Å². The number of benzene rings is 3. The standard InChI is InChI=1S/C30H30F2N4O6S/c1-33-29(38)26-20-13-19(17-12-22(34-15-17)30(39)35(2)27-21(32)6-5-7-24(27)37)23(36(3)43(4,40)41)14-25(20)42-28(26)16-8-10-18(31)11-9-16/h5-11,13-14,17,22,34,37H,12,15H2,1-4H3,(H,33,38). The lowest BCUT2D eigenvalue weighted by Gasteiger charge is -2.24. The third kappa shape index (κ3) is 5.53. The summed E-state index contributed by atoms with van der Waals surface area (Å²) in [4.78, 5) is 27.5. The number of phenolic OH excluding ortho intramolecular Hbond substituents is 1. The number of amides is 2. The Kier molecular flexibility index (Phi) is 7.88. The summed E-state index contributed by atoms with van der Waals surface area (Å²) >= 11 is 0. The van der Waals surface area contributed by atoms with Gasteiger partial charge in [-0.3, -0.25) is 13.9 Å². The molecule has 13 heteroatoms. The fourth-order valence-electron chi connectivity index (χ4n) is 5.42. The molecule has 4 aromatic rings. The van der Waals surface area contributed by atoms with Crippen LogP contribution in [0.4, 0.5) is 20.2 Å². The van der Waals surface area contributed by atoms with Crippen LogP contribution in [0.15, 0.2) is 59.0 Å². The van der Waals surface area contributed by atoms with Crippen LogP contribution in [0.3, 0.4) is 0 Å². The van der Waals surface area contributed by atoms with Crippen LogP contribution >= 0.6 is 0 Å². The number of hydrogen-bond donors (Lipinski definition) is 3. The smallest absolute Gasteiger partial charge is 0.255 e. The Morgan fingerprint density at radius 2 is 1.79 bits per heavy atom. The summed E-state index contributed by atoms with van der Waals surface area (Å²) in [6, 6.07) is 11.6. The quantitative estimate of drug-likeness (QED) is 0.288. The molecule has 0 bridgehead atoms. The van der Waals surface area contributed by atoms with Crippen LogP contribution < -0.4 is 19.8 Å². The molecule has 10 nitrogen and oxygen atoms in total. The number of sulfonamides is 1. The van der Waals surface area contributed by atoms with Gasteiger partial charge in [0.2, 0.25) is 15.9 Å². The summed E-state index contributed by atoms with van der Waals surface area (Å²) in [6.45, 7) is 0.265.